The number of nitriles is 1. The van der Waals surface area contributed by atoms with Crippen LogP contribution in [-0.2, 0) is 6.18 Å². The summed E-state index contributed by atoms with van der Waals surface area (Å²) in [6, 6.07) is 6.47. The van der Waals surface area contributed by atoms with Gasteiger partial charge in [0.05, 0.1) is 17.4 Å². The fraction of sp³-hybridized carbons (Fsp3) is 0.312. The number of hydrogen-bond donors (Lipinski definition) is 2. The van der Waals surface area contributed by atoms with Gasteiger partial charge in [-0.25, -0.2) is 0 Å². The minimum Gasteiger partial charge on any atom is -0.387 e. The molecule has 0 saturated heterocycles. The molecule has 0 bridgehead atoms. The van der Waals surface area contributed by atoms with E-state index in [1.807, 2.05) is 6.07 Å². The topological polar surface area (TPSA) is 81.8 Å². The molecule has 2 aromatic rings. The van der Waals surface area contributed by atoms with E-state index in [0.717, 1.165) is 12.1 Å². The molecule has 126 valence electrons. The number of aliphatic hydroxyl groups excluding tert-OH is 1. The molecular formula is C16H15F3N4O. The molecule has 1 aromatic heterocycles. The Morgan fingerprint density at radius 1 is 1.29 bits per heavy atom. The second kappa shape index (κ2) is 6.84. The molecule has 0 radical (unpaired) electrons. The Morgan fingerprint density at radius 2 is 2.00 bits per heavy atom. The van der Waals surface area contributed by atoms with Crippen LogP contribution in [0, 0.1) is 25.2 Å². The fourth-order valence-corrected chi connectivity index (χ4v) is 2.10. The van der Waals surface area contributed by atoms with Gasteiger partial charge in [0.1, 0.15) is 11.6 Å². The van der Waals surface area contributed by atoms with E-state index in [2.05, 4.69) is 15.5 Å². The van der Waals surface area contributed by atoms with Crippen molar-refractivity contribution in [2.45, 2.75) is 26.1 Å². The normalized spacial score (nSPS) is 12.5. The highest BCUT2D eigenvalue weighted by molar-refractivity contribution is 5.55. The van der Waals surface area contributed by atoms with Crippen LogP contribution in [0.15, 0.2) is 24.3 Å². The van der Waals surface area contributed by atoms with Crippen LogP contribution >= 0.6 is 0 Å². The zero-order valence-electron chi connectivity index (χ0n) is 13.0. The quantitative estimate of drug-likeness (QED) is 0.896. The van der Waals surface area contributed by atoms with Gasteiger partial charge in [-0.3, -0.25) is 0 Å². The molecule has 0 fully saturated rings. The van der Waals surface area contributed by atoms with Crippen molar-refractivity contribution in [2.75, 3.05) is 11.9 Å². The summed E-state index contributed by atoms with van der Waals surface area (Å²) in [4.78, 5) is 0. The summed E-state index contributed by atoms with van der Waals surface area (Å²) < 4.78 is 38.1. The van der Waals surface area contributed by atoms with Crippen LogP contribution in [0.1, 0.15) is 34.1 Å². The number of halogens is 3. The number of alkyl halides is 3. The molecule has 0 aliphatic rings. The lowest BCUT2D eigenvalue weighted by atomic mass is 10.1. The minimum atomic E-state index is -4.48. The molecule has 0 spiro atoms. The lowest BCUT2D eigenvalue weighted by molar-refractivity contribution is -0.137. The molecule has 1 aromatic carbocycles. The summed E-state index contributed by atoms with van der Waals surface area (Å²) in [7, 11) is 0. The van der Waals surface area contributed by atoms with Gasteiger partial charge in [-0.05, 0) is 37.1 Å². The number of aliphatic hydroxyl groups is 1. The number of rotatable bonds is 4. The van der Waals surface area contributed by atoms with E-state index in [4.69, 9.17) is 0 Å². The molecule has 0 aliphatic carbocycles. The van der Waals surface area contributed by atoms with Crippen LogP contribution in [0.25, 0.3) is 0 Å². The molecule has 8 heteroatoms. The Hall–Kier alpha value is -2.66. The van der Waals surface area contributed by atoms with Gasteiger partial charge in [0.2, 0.25) is 0 Å². The van der Waals surface area contributed by atoms with E-state index in [-0.39, 0.29) is 17.9 Å². The van der Waals surface area contributed by atoms with Gasteiger partial charge in [-0.15, -0.1) is 5.10 Å². The number of anilines is 1. The Morgan fingerprint density at radius 3 is 2.62 bits per heavy atom. The first-order valence-electron chi connectivity index (χ1n) is 7.07. The molecule has 2 N–H and O–H groups in total. The van der Waals surface area contributed by atoms with Crippen molar-refractivity contribution in [1.29, 1.82) is 5.26 Å². The lowest BCUT2D eigenvalue weighted by Crippen LogP contribution is -2.16. The second-order valence-corrected chi connectivity index (χ2v) is 5.27. The lowest BCUT2D eigenvalue weighted by Gasteiger charge is -2.15. The van der Waals surface area contributed by atoms with E-state index in [9.17, 15) is 23.5 Å². The number of nitrogens with zero attached hydrogens (tertiary/aromatic N) is 3. The number of nitrogens with one attached hydrogen (secondary N) is 1. The van der Waals surface area contributed by atoms with Crippen molar-refractivity contribution in [3.05, 3.63) is 52.2 Å². The van der Waals surface area contributed by atoms with Crippen LogP contribution in [-0.4, -0.2) is 21.8 Å². The highest BCUT2D eigenvalue weighted by Crippen LogP contribution is 2.30. The van der Waals surface area contributed by atoms with Crippen molar-refractivity contribution < 1.29 is 18.3 Å². The fourth-order valence-electron chi connectivity index (χ4n) is 2.10. The third-order valence-corrected chi connectivity index (χ3v) is 3.63. The first kappa shape index (κ1) is 17.7. The van der Waals surface area contributed by atoms with Gasteiger partial charge in [0.25, 0.3) is 0 Å². The van der Waals surface area contributed by atoms with Gasteiger partial charge < -0.3 is 10.4 Å². The van der Waals surface area contributed by atoms with Crippen molar-refractivity contribution in [1.82, 2.24) is 10.2 Å². The predicted octanol–water partition coefficient (Wildman–Crippen LogP) is 3.13. The standard InChI is InChI=1S/C16H15F3N4O/c1-9-10(2)22-23-15(13(9)7-20)21-8-14(24)11-4-3-5-12(6-11)16(17,18)19/h3-6,14,24H,8H2,1-2H3,(H,21,23)/t14-/m0/s1. The smallest absolute Gasteiger partial charge is 0.387 e. The molecular weight excluding hydrogens is 321 g/mol. The van der Waals surface area contributed by atoms with Gasteiger partial charge in [0.15, 0.2) is 5.82 Å². The first-order chi connectivity index (χ1) is 11.2. The van der Waals surface area contributed by atoms with Crippen molar-refractivity contribution >= 4 is 5.82 Å². The van der Waals surface area contributed by atoms with E-state index >= 15 is 0 Å². The average molecular weight is 336 g/mol. The maximum atomic E-state index is 12.7. The maximum Gasteiger partial charge on any atom is 0.416 e. The van der Waals surface area contributed by atoms with Crippen LogP contribution in [0.5, 0.6) is 0 Å². The number of hydrogen-bond acceptors (Lipinski definition) is 5. The van der Waals surface area contributed by atoms with E-state index in [1.165, 1.54) is 12.1 Å². The van der Waals surface area contributed by atoms with Crippen LogP contribution in [0.4, 0.5) is 19.0 Å². The molecule has 0 saturated carbocycles. The molecule has 0 amide bonds. The molecule has 24 heavy (non-hydrogen) atoms. The zero-order chi connectivity index (χ0) is 17.9. The summed E-state index contributed by atoms with van der Waals surface area (Å²) in [5.41, 5.74) is 0.841. The minimum absolute atomic E-state index is 0.104. The summed E-state index contributed by atoms with van der Waals surface area (Å²) in [6.07, 6.45) is -5.67. The maximum absolute atomic E-state index is 12.7. The Bertz CT molecular complexity index is 784. The van der Waals surface area contributed by atoms with Gasteiger partial charge in [0, 0.05) is 6.54 Å². The number of aryl methyl sites for hydroxylation is 1. The monoisotopic (exact) mass is 336 g/mol. The van der Waals surface area contributed by atoms with Crippen molar-refractivity contribution in [3.8, 4) is 6.07 Å². The van der Waals surface area contributed by atoms with E-state index < -0.39 is 17.8 Å². The summed E-state index contributed by atoms with van der Waals surface area (Å²) in [5.74, 6) is 0.187. The van der Waals surface area contributed by atoms with Gasteiger partial charge in [-0.1, -0.05) is 12.1 Å². The van der Waals surface area contributed by atoms with Crippen molar-refractivity contribution in [2.24, 2.45) is 0 Å². The van der Waals surface area contributed by atoms with Crippen LogP contribution in [0.2, 0.25) is 0 Å². The van der Waals surface area contributed by atoms with Crippen LogP contribution in [0.3, 0.4) is 0 Å². The third-order valence-electron chi connectivity index (χ3n) is 3.63. The molecule has 1 atom stereocenters. The van der Waals surface area contributed by atoms with Gasteiger partial charge >= 0.3 is 6.18 Å². The highest BCUT2D eigenvalue weighted by Gasteiger charge is 2.30. The van der Waals surface area contributed by atoms with Crippen LogP contribution < -0.4 is 5.32 Å². The van der Waals surface area contributed by atoms with Gasteiger partial charge in [-0.2, -0.15) is 23.5 Å². The number of benzene rings is 1. The Kier molecular flexibility index (Phi) is 5.04. The molecule has 0 unspecified atom stereocenters. The largest absolute Gasteiger partial charge is 0.416 e. The molecule has 1 heterocycles. The summed E-state index contributed by atoms with van der Waals surface area (Å²) >= 11 is 0. The summed E-state index contributed by atoms with van der Waals surface area (Å²) in [5, 5.41) is 29.8. The zero-order valence-corrected chi connectivity index (χ0v) is 13.0. The third kappa shape index (κ3) is 3.81. The number of aromatic nitrogens is 2. The summed E-state index contributed by atoms with van der Waals surface area (Å²) in [6.45, 7) is 3.33. The Balaban J connectivity index is 2.16. The predicted molar refractivity (Wildman–Crippen MR) is 81.1 cm³/mol. The van der Waals surface area contributed by atoms with E-state index in [0.29, 0.717) is 16.8 Å². The molecule has 0 aliphatic heterocycles. The SMILES string of the molecule is Cc1nnc(NC[C@H](O)c2cccc(C(F)(F)F)c2)c(C#N)c1C. The van der Waals surface area contributed by atoms with E-state index in [1.54, 1.807) is 13.8 Å². The average Bonchev–Trinajstić information content (AvgIpc) is 2.55. The second-order valence-electron chi connectivity index (χ2n) is 5.27. The molecule has 5 nitrogen and oxygen atoms in total. The van der Waals surface area contributed by atoms with Crippen molar-refractivity contribution in [3.63, 3.8) is 0 Å². The highest BCUT2D eigenvalue weighted by atomic mass is 19.4. The Labute approximate surface area is 136 Å². The molecule has 2 rings (SSSR count). The first-order valence-corrected chi connectivity index (χ1v) is 7.07.